The molecule has 0 bridgehead atoms. The largest absolute Gasteiger partial charge is 0.378 e. The van der Waals surface area contributed by atoms with Crippen molar-refractivity contribution in [3.05, 3.63) is 33.8 Å². The minimum atomic E-state index is 0.238. The van der Waals surface area contributed by atoms with Crippen LogP contribution >= 0.6 is 23.2 Å². The molecule has 4 heteroatoms. The van der Waals surface area contributed by atoms with Crippen LogP contribution < -0.4 is 5.32 Å². The average molecular weight is 302 g/mol. The highest BCUT2D eigenvalue weighted by Gasteiger charge is 2.34. The summed E-state index contributed by atoms with van der Waals surface area (Å²) in [6.07, 6.45) is 2.43. The summed E-state index contributed by atoms with van der Waals surface area (Å²) in [5, 5.41) is 4.97. The molecule has 1 heterocycles. The maximum atomic E-state index is 6.36. The maximum absolute atomic E-state index is 6.36. The average Bonchev–Trinajstić information content (AvgIpc) is 2.85. The van der Waals surface area contributed by atoms with Crippen LogP contribution in [0.5, 0.6) is 0 Å². The Hall–Kier alpha value is -0.280. The monoisotopic (exact) mass is 301 g/mol. The van der Waals surface area contributed by atoms with Crippen molar-refractivity contribution in [1.82, 2.24) is 5.32 Å². The van der Waals surface area contributed by atoms with Crippen molar-refractivity contribution in [3.8, 4) is 0 Å². The molecule has 1 aromatic carbocycles. The Morgan fingerprint density at radius 3 is 2.79 bits per heavy atom. The molecule has 1 saturated heterocycles. The molecule has 0 saturated carbocycles. The molecule has 0 aromatic heterocycles. The number of ether oxygens (including phenoxy) is 1. The third-order valence-corrected chi connectivity index (χ3v) is 4.38. The van der Waals surface area contributed by atoms with E-state index in [0.29, 0.717) is 17.0 Å². The summed E-state index contributed by atoms with van der Waals surface area (Å²) in [6, 6.07) is 5.99. The van der Waals surface area contributed by atoms with Crippen molar-refractivity contribution < 1.29 is 4.74 Å². The number of nitrogens with one attached hydrogen (secondary N) is 1. The van der Waals surface area contributed by atoms with Gasteiger partial charge in [-0.2, -0.15) is 0 Å². The highest BCUT2D eigenvalue weighted by atomic mass is 35.5. The van der Waals surface area contributed by atoms with Gasteiger partial charge < -0.3 is 10.1 Å². The van der Waals surface area contributed by atoms with Gasteiger partial charge >= 0.3 is 0 Å². The van der Waals surface area contributed by atoms with Gasteiger partial charge in [-0.3, -0.25) is 0 Å². The molecule has 2 nitrogen and oxygen atoms in total. The maximum Gasteiger partial charge on any atom is 0.0619 e. The first-order chi connectivity index (χ1) is 9.17. The van der Waals surface area contributed by atoms with Gasteiger partial charge in [0, 0.05) is 28.6 Å². The van der Waals surface area contributed by atoms with E-state index in [1.54, 1.807) is 0 Å². The van der Waals surface area contributed by atoms with Crippen LogP contribution in [0.15, 0.2) is 18.2 Å². The highest BCUT2D eigenvalue weighted by Crippen LogP contribution is 2.38. The Morgan fingerprint density at radius 2 is 2.16 bits per heavy atom. The molecule has 2 rings (SSSR count). The summed E-state index contributed by atoms with van der Waals surface area (Å²) in [7, 11) is 0. The second-order valence-corrected chi connectivity index (χ2v) is 5.81. The van der Waals surface area contributed by atoms with Gasteiger partial charge in [-0.1, -0.05) is 43.1 Å². The van der Waals surface area contributed by atoms with E-state index in [1.165, 1.54) is 0 Å². The van der Waals surface area contributed by atoms with E-state index in [1.807, 2.05) is 18.2 Å². The summed E-state index contributed by atoms with van der Waals surface area (Å²) >= 11 is 12.3. The summed E-state index contributed by atoms with van der Waals surface area (Å²) in [5.74, 6) is 0.476. The van der Waals surface area contributed by atoms with Crippen molar-refractivity contribution in [1.29, 1.82) is 0 Å². The third kappa shape index (κ3) is 3.43. The standard InChI is InChI=1S/C15H21Cl2NO/c1-3-14-12(7-8-19-14)15(18-4-2)11-6-5-10(16)9-13(11)17/h5-6,9,12,14-15,18H,3-4,7-8H2,1-2H3. The molecular formula is C15H21Cl2NO. The zero-order valence-corrected chi connectivity index (χ0v) is 13.0. The summed E-state index contributed by atoms with van der Waals surface area (Å²) in [5.41, 5.74) is 1.13. The van der Waals surface area contributed by atoms with Gasteiger partial charge in [-0.25, -0.2) is 0 Å². The minimum absolute atomic E-state index is 0.238. The second-order valence-electron chi connectivity index (χ2n) is 4.97. The van der Waals surface area contributed by atoms with Gasteiger partial charge in [-0.15, -0.1) is 0 Å². The van der Waals surface area contributed by atoms with E-state index in [2.05, 4.69) is 19.2 Å². The van der Waals surface area contributed by atoms with Crippen LogP contribution in [0.2, 0.25) is 10.0 Å². The number of rotatable bonds is 5. The SMILES string of the molecule is CCNC(c1ccc(Cl)cc1Cl)C1CCOC1CC. The van der Waals surface area contributed by atoms with Crippen molar-refractivity contribution in [2.24, 2.45) is 5.92 Å². The van der Waals surface area contributed by atoms with E-state index in [-0.39, 0.29) is 6.04 Å². The fourth-order valence-electron chi connectivity index (χ4n) is 2.93. The van der Waals surface area contributed by atoms with Crippen LogP contribution in [0.3, 0.4) is 0 Å². The lowest BCUT2D eigenvalue weighted by atomic mass is 9.86. The van der Waals surface area contributed by atoms with E-state index >= 15 is 0 Å². The fourth-order valence-corrected chi connectivity index (χ4v) is 3.46. The molecule has 3 unspecified atom stereocenters. The van der Waals surface area contributed by atoms with Gasteiger partial charge in [-0.05, 0) is 37.1 Å². The van der Waals surface area contributed by atoms with Gasteiger partial charge in [0.1, 0.15) is 0 Å². The van der Waals surface area contributed by atoms with Crippen LogP contribution in [0.4, 0.5) is 0 Å². The molecule has 1 aliphatic heterocycles. The van der Waals surface area contributed by atoms with Crippen molar-refractivity contribution in [2.45, 2.75) is 38.8 Å². The lowest BCUT2D eigenvalue weighted by Crippen LogP contribution is -2.33. The lowest BCUT2D eigenvalue weighted by Gasteiger charge is -2.29. The van der Waals surface area contributed by atoms with E-state index in [0.717, 1.165) is 36.6 Å². The normalized spacial score (nSPS) is 24.6. The molecule has 1 aliphatic rings. The van der Waals surface area contributed by atoms with Gasteiger partial charge in [0.25, 0.3) is 0 Å². The zero-order chi connectivity index (χ0) is 13.8. The molecule has 0 spiro atoms. The first-order valence-electron chi connectivity index (χ1n) is 6.97. The predicted molar refractivity (Wildman–Crippen MR) is 81.0 cm³/mol. The quantitative estimate of drug-likeness (QED) is 0.867. The first-order valence-corrected chi connectivity index (χ1v) is 7.72. The van der Waals surface area contributed by atoms with E-state index in [4.69, 9.17) is 27.9 Å². The lowest BCUT2D eigenvalue weighted by molar-refractivity contribution is 0.0776. The molecule has 1 N–H and O–H groups in total. The summed E-state index contributed by atoms with van der Waals surface area (Å²) in [4.78, 5) is 0. The molecule has 1 aromatic rings. The predicted octanol–water partition coefficient (Wildman–Crippen LogP) is 4.46. The molecule has 0 aliphatic carbocycles. The van der Waals surface area contributed by atoms with Crippen molar-refractivity contribution in [2.75, 3.05) is 13.2 Å². The molecule has 1 fully saturated rings. The van der Waals surface area contributed by atoms with E-state index < -0.39 is 0 Å². The highest BCUT2D eigenvalue weighted by molar-refractivity contribution is 6.35. The van der Waals surface area contributed by atoms with Crippen molar-refractivity contribution in [3.63, 3.8) is 0 Å². The molecule has 0 radical (unpaired) electrons. The number of hydrogen-bond acceptors (Lipinski definition) is 2. The number of halogens is 2. The first kappa shape index (κ1) is 15.1. The van der Waals surface area contributed by atoms with Gasteiger partial charge in [0.2, 0.25) is 0 Å². The fraction of sp³-hybridized carbons (Fsp3) is 0.600. The number of benzene rings is 1. The number of hydrogen-bond donors (Lipinski definition) is 1. The zero-order valence-electron chi connectivity index (χ0n) is 11.5. The smallest absolute Gasteiger partial charge is 0.0619 e. The molecular weight excluding hydrogens is 281 g/mol. The minimum Gasteiger partial charge on any atom is -0.378 e. The molecule has 0 amide bonds. The second kappa shape index (κ2) is 6.94. The van der Waals surface area contributed by atoms with Gasteiger partial charge in [0.05, 0.1) is 6.10 Å². The third-order valence-electron chi connectivity index (χ3n) is 3.81. The Balaban J connectivity index is 2.28. The molecule has 19 heavy (non-hydrogen) atoms. The van der Waals surface area contributed by atoms with Gasteiger partial charge in [0.15, 0.2) is 0 Å². The van der Waals surface area contributed by atoms with Crippen LogP contribution in [0.1, 0.15) is 38.3 Å². The van der Waals surface area contributed by atoms with Crippen LogP contribution in [-0.2, 0) is 4.74 Å². The Labute approximate surface area is 125 Å². The van der Waals surface area contributed by atoms with Crippen molar-refractivity contribution >= 4 is 23.2 Å². The van der Waals surface area contributed by atoms with Crippen LogP contribution in [0.25, 0.3) is 0 Å². The van der Waals surface area contributed by atoms with Crippen LogP contribution in [0, 0.1) is 5.92 Å². The molecule has 3 atom stereocenters. The Bertz CT molecular complexity index is 425. The molecule has 106 valence electrons. The topological polar surface area (TPSA) is 21.3 Å². The van der Waals surface area contributed by atoms with E-state index in [9.17, 15) is 0 Å². The van der Waals surface area contributed by atoms with Crippen LogP contribution in [-0.4, -0.2) is 19.3 Å². The Morgan fingerprint density at radius 1 is 1.37 bits per heavy atom. The summed E-state index contributed by atoms with van der Waals surface area (Å²) < 4.78 is 5.82. The summed E-state index contributed by atoms with van der Waals surface area (Å²) in [6.45, 7) is 6.05. The Kier molecular flexibility index (Phi) is 5.52.